The van der Waals surface area contributed by atoms with Gasteiger partial charge in [0.25, 0.3) is 0 Å². The standard InChI is InChI=1S/C27H32FN5O/c1-2-32(19-21-7-4-3-5-8-21)16-14-29-26(34)23-9-6-15-33(20-23)27-30-17-24(18-31-27)22-10-12-25(28)13-11-22/h3-5,7-8,10-13,17-18,23H,2,6,9,14-16,19-20H2,1H3,(H,29,34)/t23-/m1/s1. The van der Waals surface area contributed by atoms with Gasteiger partial charge in [0, 0.05) is 50.7 Å². The molecule has 1 fully saturated rings. The van der Waals surface area contributed by atoms with E-state index in [1.807, 2.05) is 6.07 Å². The summed E-state index contributed by atoms with van der Waals surface area (Å²) in [6, 6.07) is 16.7. The first-order valence-electron chi connectivity index (χ1n) is 12.0. The van der Waals surface area contributed by atoms with Crippen LogP contribution < -0.4 is 10.2 Å². The van der Waals surface area contributed by atoms with E-state index in [0.717, 1.165) is 50.1 Å². The van der Waals surface area contributed by atoms with Crippen molar-refractivity contribution in [2.24, 2.45) is 5.92 Å². The molecule has 0 aliphatic carbocycles. The molecule has 0 saturated carbocycles. The number of amides is 1. The van der Waals surface area contributed by atoms with Crippen molar-refractivity contribution in [2.75, 3.05) is 37.6 Å². The molecule has 1 N–H and O–H groups in total. The topological polar surface area (TPSA) is 61.4 Å². The van der Waals surface area contributed by atoms with E-state index in [1.54, 1.807) is 24.5 Å². The van der Waals surface area contributed by atoms with Gasteiger partial charge in [0.05, 0.1) is 5.92 Å². The third kappa shape index (κ3) is 6.38. The van der Waals surface area contributed by atoms with Crippen molar-refractivity contribution in [2.45, 2.75) is 26.3 Å². The fraction of sp³-hybridized carbons (Fsp3) is 0.370. The average Bonchev–Trinajstić information content (AvgIpc) is 2.89. The zero-order valence-corrected chi connectivity index (χ0v) is 19.7. The lowest BCUT2D eigenvalue weighted by atomic mass is 9.97. The molecule has 0 radical (unpaired) electrons. The minimum Gasteiger partial charge on any atom is -0.355 e. The van der Waals surface area contributed by atoms with Crippen LogP contribution in [-0.2, 0) is 11.3 Å². The zero-order valence-electron chi connectivity index (χ0n) is 19.7. The third-order valence-corrected chi connectivity index (χ3v) is 6.31. The molecule has 4 rings (SSSR count). The van der Waals surface area contributed by atoms with Gasteiger partial charge in [-0.05, 0) is 42.6 Å². The molecule has 1 atom stereocenters. The first-order chi connectivity index (χ1) is 16.6. The normalized spacial score (nSPS) is 16.0. The number of nitrogens with zero attached hydrogens (tertiary/aromatic N) is 4. The van der Waals surface area contributed by atoms with Gasteiger partial charge in [0.2, 0.25) is 11.9 Å². The fourth-order valence-corrected chi connectivity index (χ4v) is 4.32. The maximum absolute atomic E-state index is 13.2. The summed E-state index contributed by atoms with van der Waals surface area (Å²) in [4.78, 5) is 26.3. The van der Waals surface area contributed by atoms with E-state index in [-0.39, 0.29) is 17.6 Å². The molecule has 34 heavy (non-hydrogen) atoms. The van der Waals surface area contributed by atoms with Crippen molar-refractivity contribution in [3.63, 3.8) is 0 Å². The predicted molar refractivity (Wildman–Crippen MR) is 133 cm³/mol. The Balaban J connectivity index is 1.27. The minimum absolute atomic E-state index is 0.0710. The summed E-state index contributed by atoms with van der Waals surface area (Å²) >= 11 is 0. The molecule has 6 nitrogen and oxygen atoms in total. The van der Waals surface area contributed by atoms with E-state index in [4.69, 9.17) is 0 Å². The van der Waals surface area contributed by atoms with E-state index in [0.29, 0.717) is 19.0 Å². The van der Waals surface area contributed by atoms with Gasteiger partial charge in [0.15, 0.2) is 0 Å². The Morgan fingerprint density at radius 3 is 2.53 bits per heavy atom. The lowest BCUT2D eigenvalue weighted by Crippen LogP contribution is -2.45. The van der Waals surface area contributed by atoms with Crippen molar-refractivity contribution in [3.05, 3.63) is 78.4 Å². The maximum atomic E-state index is 13.2. The number of likely N-dealkylation sites (N-methyl/N-ethyl adjacent to an activating group) is 1. The number of halogens is 1. The first kappa shape index (κ1) is 23.8. The number of anilines is 1. The first-order valence-corrected chi connectivity index (χ1v) is 12.0. The van der Waals surface area contributed by atoms with Crippen LogP contribution in [0.3, 0.4) is 0 Å². The quantitative estimate of drug-likeness (QED) is 0.519. The SMILES string of the molecule is CCN(CCNC(=O)[C@@H]1CCCN(c2ncc(-c3ccc(F)cc3)cn2)C1)Cc1ccccc1. The van der Waals surface area contributed by atoms with Gasteiger partial charge in [-0.1, -0.05) is 49.4 Å². The molecular formula is C27H32FN5O. The average molecular weight is 462 g/mol. The summed E-state index contributed by atoms with van der Waals surface area (Å²) < 4.78 is 13.2. The number of benzene rings is 2. The summed E-state index contributed by atoms with van der Waals surface area (Å²) in [6.45, 7) is 6.87. The smallest absolute Gasteiger partial charge is 0.225 e. The maximum Gasteiger partial charge on any atom is 0.225 e. The fourth-order valence-electron chi connectivity index (χ4n) is 4.32. The van der Waals surface area contributed by atoms with Gasteiger partial charge >= 0.3 is 0 Å². The molecule has 0 spiro atoms. The van der Waals surface area contributed by atoms with Crippen LogP contribution in [0.1, 0.15) is 25.3 Å². The van der Waals surface area contributed by atoms with E-state index >= 15 is 0 Å². The Hall–Kier alpha value is -3.32. The highest BCUT2D eigenvalue weighted by Gasteiger charge is 2.27. The number of hydrogen-bond acceptors (Lipinski definition) is 5. The number of nitrogens with one attached hydrogen (secondary N) is 1. The van der Waals surface area contributed by atoms with Gasteiger partial charge in [-0.15, -0.1) is 0 Å². The van der Waals surface area contributed by atoms with Crippen molar-refractivity contribution in [3.8, 4) is 11.1 Å². The van der Waals surface area contributed by atoms with Crippen LogP contribution in [-0.4, -0.2) is 53.5 Å². The molecule has 7 heteroatoms. The summed E-state index contributed by atoms with van der Waals surface area (Å²) in [5.41, 5.74) is 2.99. The lowest BCUT2D eigenvalue weighted by molar-refractivity contribution is -0.125. The Bertz CT molecular complexity index is 1040. The highest BCUT2D eigenvalue weighted by molar-refractivity contribution is 5.79. The molecule has 2 heterocycles. The van der Waals surface area contributed by atoms with Gasteiger partial charge in [-0.25, -0.2) is 14.4 Å². The zero-order chi connectivity index (χ0) is 23.8. The van der Waals surface area contributed by atoms with Crippen LogP contribution in [0.2, 0.25) is 0 Å². The minimum atomic E-state index is -0.266. The van der Waals surface area contributed by atoms with Gasteiger partial charge in [0.1, 0.15) is 5.82 Å². The van der Waals surface area contributed by atoms with Crippen LogP contribution in [0, 0.1) is 11.7 Å². The second kappa shape index (κ2) is 11.7. The molecule has 1 saturated heterocycles. The molecule has 3 aromatic rings. The number of carbonyl (C=O) groups is 1. The lowest BCUT2D eigenvalue weighted by Gasteiger charge is -2.32. The molecular weight excluding hydrogens is 429 g/mol. The summed E-state index contributed by atoms with van der Waals surface area (Å²) in [6.07, 6.45) is 5.31. The number of aromatic nitrogens is 2. The molecule has 1 amide bonds. The van der Waals surface area contributed by atoms with Gasteiger partial charge in [-0.3, -0.25) is 9.69 Å². The molecule has 178 valence electrons. The molecule has 1 aliphatic rings. The van der Waals surface area contributed by atoms with Crippen molar-refractivity contribution < 1.29 is 9.18 Å². The van der Waals surface area contributed by atoms with Crippen LogP contribution in [0.15, 0.2) is 67.0 Å². The van der Waals surface area contributed by atoms with Crippen molar-refractivity contribution in [1.82, 2.24) is 20.2 Å². The summed E-state index contributed by atoms with van der Waals surface area (Å²) in [7, 11) is 0. The number of piperidine rings is 1. The highest BCUT2D eigenvalue weighted by Crippen LogP contribution is 2.23. The van der Waals surface area contributed by atoms with E-state index < -0.39 is 0 Å². The number of rotatable bonds is 9. The predicted octanol–water partition coefficient (Wildman–Crippen LogP) is 4.14. The second-order valence-electron chi connectivity index (χ2n) is 8.71. The van der Waals surface area contributed by atoms with Crippen LogP contribution in [0.4, 0.5) is 10.3 Å². The summed E-state index contributed by atoms with van der Waals surface area (Å²) in [5.74, 6) is 0.391. The monoisotopic (exact) mass is 461 g/mol. The third-order valence-electron chi connectivity index (χ3n) is 6.31. The molecule has 0 bridgehead atoms. The number of hydrogen-bond donors (Lipinski definition) is 1. The molecule has 2 aromatic carbocycles. The van der Waals surface area contributed by atoms with Crippen LogP contribution in [0.25, 0.3) is 11.1 Å². The summed E-state index contributed by atoms with van der Waals surface area (Å²) in [5, 5.41) is 3.13. The van der Waals surface area contributed by atoms with Gasteiger partial charge in [-0.2, -0.15) is 0 Å². The largest absolute Gasteiger partial charge is 0.355 e. The van der Waals surface area contributed by atoms with E-state index in [9.17, 15) is 9.18 Å². The van der Waals surface area contributed by atoms with E-state index in [1.165, 1.54) is 17.7 Å². The Kier molecular flexibility index (Phi) is 8.20. The van der Waals surface area contributed by atoms with Gasteiger partial charge < -0.3 is 10.2 Å². The van der Waals surface area contributed by atoms with Crippen LogP contribution >= 0.6 is 0 Å². The Morgan fingerprint density at radius 2 is 1.82 bits per heavy atom. The Labute approximate surface area is 200 Å². The molecule has 1 aliphatic heterocycles. The Morgan fingerprint density at radius 1 is 1.09 bits per heavy atom. The second-order valence-corrected chi connectivity index (χ2v) is 8.71. The molecule has 1 aromatic heterocycles. The van der Waals surface area contributed by atoms with Crippen molar-refractivity contribution in [1.29, 1.82) is 0 Å². The van der Waals surface area contributed by atoms with Crippen LogP contribution in [0.5, 0.6) is 0 Å². The molecule has 0 unspecified atom stereocenters. The number of carbonyl (C=O) groups excluding carboxylic acids is 1. The van der Waals surface area contributed by atoms with Crippen molar-refractivity contribution >= 4 is 11.9 Å². The van der Waals surface area contributed by atoms with E-state index in [2.05, 4.69) is 56.3 Å². The highest BCUT2D eigenvalue weighted by atomic mass is 19.1.